The van der Waals surface area contributed by atoms with E-state index in [9.17, 15) is 5.26 Å². The van der Waals surface area contributed by atoms with Crippen LogP contribution in [-0.4, -0.2) is 18.9 Å². The highest BCUT2D eigenvalue weighted by molar-refractivity contribution is 6.83. The molecule has 0 radical (unpaired) electrons. The van der Waals surface area contributed by atoms with Gasteiger partial charge in [0.1, 0.15) is 5.60 Å². The third-order valence-electron chi connectivity index (χ3n) is 3.79. The van der Waals surface area contributed by atoms with E-state index in [2.05, 4.69) is 32.6 Å². The summed E-state index contributed by atoms with van der Waals surface area (Å²) in [6.07, 6.45) is 10.2. The maximum Gasteiger partial charge on any atom is 0.121 e. The lowest BCUT2D eigenvalue weighted by Crippen LogP contribution is -2.45. The lowest BCUT2D eigenvalue weighted by atomic mass is 9.86. The summed E-state index contributed by atoms with van der Waals surface area (Å²) < 4.78 is 0. The largest absolute Gasteiger partial charge is 0.251 e. The molecule has 0 aliphatic heterocycles. The van der Waals surface area contributed by atoms with E-state index in [1.54, 1.807) is 0 Å². The summed E-state index contributed by atoms with van der Waals surface area (Å²) in [5.41, 5.74) is -0.349. The molecule has 0 saturated heterocycles. The van der Waals surface area contributed by atoms with E-state index in [-0.39, 0.29) is 5.60 Å². The van der Waals surface area contributed by atoms with Crippen molar-refractivity contribution in [2.45, 2.75) is 77.1 Å². The van der Waals surface area contributed by atoms with Crippen molar-refractivity contribution in [3.05, 3.63) is 11.3 Å². The highest BCUT2D eigenvalue weighted by atomic mass is 28.3. The van der Waals surface area contributed by atoms with Crippen LogP contribution in [-0.2, 0) is 4.89 Å². The Hall–Kier alpha value is -0.123. The van der Waals surface area contributed by atoms with Gasteiger partial charge in [0.05, 0.1) is 8.07 Å². The van der Waals surface area contributed by atoms with Gasteiger partial charge in [-0.3, -0.25) is 5.26 Å². The second-order valence-electron chi connectivity index (χ2n) is 6.30. The zero-order valence-corrected chi connectivity index (χ0v) is 12.9. The highest BCUT2D eigenvalue weighted by Crippen LogP contribution is 2.41. The van der Waals surface area contributed by atoms with E-state index < -0.39 is 8.07 Å². The topological polar surface area (TPSA) is 29.5 Å². The quantitative estimate of drug-likeness (QED) is 0.321. The fourth-order valence-corrected chi connectivity index (χ4v) is 5.42. The zero-order chi connectivity index (χ0) is 12.9. The van der Waals surface area contributed by atoms with Crippen LogP contribution in [0.3, 0.4) is 0 Å². The predicted octanol–water partition coefficient (Wildman–Crippen LogP) is 4.78. The molecular formula is C14H28O2Si. The van der Waals surface area contributed by atoms with Gasteiger partial charge < -0.3 is 0 Å². The van der Waals surface area contributed by atoms with Gasteiger partial charge in [-0.1, -0.05) is 57.1 Å². The number of hydrogen-bond donors (Lipinski definition) is 1. The van der Waals surface area contributed by atoms with Crippen molar-refractivity contribution in [1.29, 1.82) is 0 Å². The number of unbranched alkanes of at least 4 members (excludes halogenated alkanes) is 2. The summed E-state index contributed by atoms with van der Waals surface area (Å²) in [5, 5.41) is 10.9. The fraction of sp³-hybridized carbons (Fsp3) is 0.857. The third-order valence-corrected chi connectivity index (χ3v) is 6.07. The average molecular weight is 256 g/mol. The van der Waals surface area contributed by atoms with E-state index >= 15 is 0 Å². The number of allylic oxidation sites excluding steroid dienone is 1. The van der Waals surface area contributed by atoms with Crippen LogP contribution in [0.15, 0.2) is 11.3 Å². The van der Waals surface area contributed by atoms with Gasteiger partial charge >= 0.3 is 0 Å². The first kappa shape index (κ1) is 14.9. The molecule has 1 N–H and O–H groups in total. The molecule has 1 aliphatic carbocycles. The molecule has 3 heteroatoms. The number of rotatable bonds is 6. The van der Waals surface area contributed by atoms with Crippen molar-refractivity contribution in [2.75, 3.05) is 0 Å². The Bertz CT molecular complexity index is 268. The second kappa shape index (κ2) is 6.16. The Labute approximate surface area is 107 Å². The molecule has 0 spiro atoms. The van der Waals surface area contributed by atoms with Crippen LogP contribution in [0.5, 0.6) is 0 Å². The number of hydrogen-bond acceptors (Lipinski definition) is 2. The monoisotopic (exact) mass is 256 g/mol. The Morgan fingerprint density at radius 1 is 1.35 bits per heavy atom. The lowest BCUT2D eigenvalue weighted by molar-refractivity contribution is -0.314. The molecule has 1 unspecified atom stereocenters. The summed E-state index contributed by atoms with van der Waals surface area (Å²) in [5.74, 6) is 0. The fourth-order valence-electron chi connectivity index (χ4n) is 3.00. The van der Waals surface area contributed by atoms with Crippen LogP contribution < -0.4 is 0 Å². The van der Waals surface area contributed by atoms with E-state index in [0.717, 1.165) is 32.1 Å². The first-order chi connectivity index (χ1) is 7.96. The summed E-state index contributed by atoms with van der Waals surface area (Å²) in [6.45, 7) is 9.25. The molecule has 0 amide bonds. The van der Waals surface area contributed by atoms with Crippen LogP contribution in [0.4, 0.5) is 0 Å². The Morgan fingerprint density at radius 3 is 2.59 bits per heavy atom. The Kier molecular flexibility index (Phi) is 5.42. The summed E-state index contributed by atoms with van der Waals surface area (Å²) in [4.78, 5) is 5.03. The van der Waals surface area contributed by atoms with Gasteiger partial charge in [0.15, 0.2) is 0 Å². The van der Waals surface area contributed by atoms with E-state index in [1.165, 1.54) is 18.0 Å². The van der Waals surface area contributed by atoms with Crippen LogP contribution in [0, 0.1) is 0 Å². The minimum absolute atomic E-state index is 0.349. The molecule has 0 saturated carbocycles. The first-order valence-corrected chi connectivity index (χ1v) is 10.5. The van der Waals surface area contributed by atoms with Crippen LogP contribution in [0.1, 0.15) is 51.9 Å². The van der Waals surface area contributed by atoms with Crippen LogP contribution in [0.2, 0.25) is 19.6 Å². The lowest BCUT2D eigenvalue weighted by Gasteiger charge is -2.41. The average Bonchev–Trinajstić information content (AvgIpc) is 2.28. The van der Waals surface area contributed by atoms with Gasteiger partial charge in [0, 0.05) is 0 Å². The van der Waals surface area contributed by atoms with Gasteiger partial charge in [0.25, 0.3) is 0 Å². The zero-order valence-electron chi connectivity index (χ0n) is 11.9. The molecule has 1 atom stereocenters. The van der Waals surface area contributed by atoms with E-state index in [4.69, 9.17) is 4.89 Å². The molecule has 0 fully saturated rings. The minimum atomic E-state index is -1.40. The molecule has 0 aromatic rings. The van der Waals surface area contributed by atoms with E-state index in [1.807, 2.05) is 0 Å². The highest BCUT2D eigenvalue weighted by Gasteiger charge is 2.42. The van der Waals surface area contributed by atoms with Crippen molar-refractivity contribution in [3.8, 4) is 0 Å². The summed E-state index contributed by atoms with van der Waals surface area (Å²) in [7, 11) is -1.40. The predicted molar refractivity (Wildman–Crippen MR) is 75.9 cm³/mol. The molecule has 17 heavy (non-hydrogen) atoms. The molecule has 0 heterocycles. The smallest absolute Gasteiger partial charge is 0.121 e. The maximum atomic E-state index is 9.46. The SMILES string of the molecule is CCCCCC1(OO)CCCC=C1[Si](C)(C)C. The van der Waals surface area contributed by atoms with Crippen LogP contribution in [0.25, 0.3) is 0 Å². The summed E-state index contributed by atoms with van der Waals surface area (Å²) >= 11 is 0. The first-order valence-electron chi connectivity index (χ1n) is 7.00. The van der Waals surface area contributed by atoms with Crippen molar-refractivity contribution < 1.29 is 10.1 Å². The molecule has 0 bridgehead atoms. The molecule has 100 valence electrons. The second-order valence-corrected chi connectivity index (χ2v) is 11.3. The van der Waals surface area contributed by atoms with Gasteiger partial charge in [-0.2, -0.15) is 0 Å². The summed E-state index contributed by atoms with van der Waals surface area (Å²) in [6, 6.07) is 0. The maximum absolute atomic E-state index is 9.46. The molecule has 2 nitrogen and oxygen atoms in total. The molecule has 0 aromatic heterocycles. The van der Waals surface area contributed by atoms with Crippen molar-refractivity contribution in [1.82, 2.24) is 0 Å². The van der Waals surface area contributed by atoms with Gasteiger partial charge in [-0.15, -0.1) is 0 Å². The minimum Gasteiger partial charge on any atom is -0.251 e. The van der Waals surface area contributed by atoms with Gasteiger partial charge in [0.2, 0.25) is 0 Å². The van der Waals surface area contributed by atoms with E-state index in [0.29, 0.717) is 0 Å². The normalized spacial score (nSPS) is 25.8. The standard InChI is InChI=1S/C14H28O2Si/c1-5-6-8-11-14(16-15)12-9-7-10-13(14)17(2,3)4/h10,15H,5-9,11-12H2,1-4H3. The third kappa shape index (κ3) is 3.67. The molecule has 1 rings (SSSR count). The van der Waals surface area contributed by atoms with Crippen molar-refractivity contribution in [2.24, 2.45) is 0 Å². The van der Waals surface area contributed by atoms with Crippen LogP contribution >= 0.6 is 0 Å². The van der Waals surface area contributed by atoms with Gasteiger partial charge in [-0.05, 0) is 25.7 Å². The van der Waals surface area contributed by atoms with Crippen molar-refractivity contribution in [3.63, 3.8) is 0 Å². The molecular weight excluding hydrogens is 228 g/mol. The Morgan fingerprint density at radius 2 is 2.06 bits per heavy atom. The Balaban J connectivity index is 2.86. The van der Waals surface area contributed by atoms with Gasteiger partial charge in [-0.25, -0.2) is 4.89 Å². The van der Waals surface area contributed by atoms with Crippen molar-refractivity contribution >= 4 is 8.07 Å². The molecule has 1 aliphatic rings. The molecule has 0 aromatic carbocycles.